The van der Waals surface area contributed by atoms with E-state index in [2.05, 4.69) is 172 Å². The Labute approximate surface area is 330 Å². The van der Waals surface area contributed by atoms with Gasteiger partial charge in [0, 0.05) is 0 Å². The van der Waals surface area contributed by atoms with Gasteiger partial charge < -0.3 is 19.8 Å². The number of aliphatic carboxylic acids is 2. The number of benzene rings is 6. The van der Waals surface area contributed by atoms with Crippen LogP contribution in [0.15, 0.2) is 158 Å². The summed E-state index contributed by atoms with van der Waals surface area (Å²) in [5.41, 5.74) is 5.41. The van der Waals surface area contributed by atoms with E-state index in [1.54, 1.807) is 0 Å². The molecule has 0 heterocycles. The zero-order chi connectivity index (χ0) is 39.5. The maximum absolute atomic E-state index is 10.5. The fraction of sp³-hybridized carbons (Fsp3) is 0.0952. The molecule has 0 saturated heterocycles. The second-order valence-electron chi connectivity index (χ2n) is 11.5. The van der Waals surface area contributed by atoms with Crippen molar-refractivity contribution in [2.24, 2.45) is 0 Å². The third kappa shape index (κ3) is 12.2. The van der Waals surface area contributed by atoms with Gasteiger partial charge in [-0.2, -0.15) is 26.3 Å². The number of carbonyl (C=O) groups excluding carboxylic acids is 2. The second-order valence-corrected chi connectivity index (χ2v) is 15.9. The normalized spacial score (nSPS) is 11.0. The molecule has 0 fully saturated rings. The van der Waals surface area contributed by atoms with Crippen LogP contribution in [-0.2, 0) is 29.1 Å². The van der Waals surface area contributed by atoms with Crippen LogP contribution >= 0.6 is 15.8 Å². The van der Waals surface area contributed by atoms with E-state index in [9.17, 15) is 26.3 Å². The molecule has 0 bridgehead atoms. The van der Waals surface area contributed by atoms with Crippen LogP contribution in [0.4, 0.5) is 26.3 Å². The van der Waals surface area contributed by atoms with Crippen LogP contribution in [0.3, 0.4) is 0 Å². The molecule has 0 spiro atoms. The Hall–Kier alpha value is -4.68. The molecular formula is C42H32F6O4P2Ru. The molecule has 284 valence electrons. The summed E-state index contributed by atoms with van der Waals surface area (Å²) in [5, 5.41) is 25.9. The minimum Gasteiger partial charge on any atom is -0.542 e. The molecule has 0 saturated carbocycles. The van der Waals surface area contributed by atoms with Gasteiger partial charge in [0.2, 0.25) is 0 Å². The van der Waals surface area contributed by atoms with Crippen molar-refractivity contribution in [3.8, 4) is 11.1 Å². The van der Waals surface area contributed by atoms with Crippen molar-refractivity contribution < 1.29 is 65.6 Å². The first kappa shape index (κ1) is 44.7. The van der Waals surface area contributed by atoms with Gasteiger partial charge in [0.05, 0.1) is 0 Å². The molecule has 55 heavy (non-hydrogen) atoms. The molecule has 0 atom stereocenters. The largest absolute Gasteiger partial charge is 2.00 e. The van der Waals surface area contributed by atoms with Crippen LogP contribution in [0.25, 0.3) is 11.1 Å². The van der Waals surface area contributed by atoms with E-state index in [-0.39, 0.29) is 19.5 Å². The van der Waals surface area contributed by atoms with Crippen LogP contribution in [0.2, 0.25) is 0 Å². The third-order valence-electron chi connectivity index (χ3n) is 7.75. The molecule has 0 radical (unpaired) electrons. The van der Waals surface area contributed by atoms with Crippen LogP contribution < -0.4 is 42.0 Å². The summed E-state index contributed by atoms with van der Waals surface area (Å²) in [5.74, 6) is -6.01. The Kier molecular flexibility index (Phi) is 16.5. The number of hydrogen-bond acceptors (Lipinski definition) is 4. The van der Waals surface area contributed by atoms with Gasteiger partial charge in [-0.15, -0.1) is 0 Å². The molecule has 0 aliphatic rings. The van der Waals surface area contributed by atoms with Gasteiger partial charge in [0.15, 0.2) is 0 Å². The molecule has 6 aromatic carbocycles. The monoisotopic (exact) mass is 878 g/mol. The quantitative estimate of drug-likeness (QED) is 0.111. The topological polar surface area (TPSA) is 80.3 Å². The van der Waals surface area contributed by atoms with E-state index in [4.69, 9.17) is 19.8 Å². The Morgan fingerprint density at radius 1 is 0.418 bits per heavy atom. The average Bonchev–Trinajstić information content (AvgIpc) is 3.14. The van der Waals surface area contributed by atoms with Crippen LogP contribution in [-0.4, -0.2) is 24.3 Å². The third-order valence-corrected chi connectivity index (χ3v) is 12.7. The molecule has 6 rings (SSSR count). The molecule has 0 N–H and O–H groups in total. The first-order valence-corrected chi connectivity index (χ1v) is 18.9. The van der Waals surface area contributed by atoms with Crippen molar-refractivity contribution in [2.45, 2.75) is 26.2 Å². The molecule has 13 heteroatoms. The van der Waals surface area contributed by atoms with Gasteiger partial charge in [-0.05, 0) is 83.8 Å². The van der Waals surface area contributed by atoms with Crippen molar-refractivity contribution >= 4 is 59.6 Å². The number of hydrogen-bond donors (Lipinski definition) is 0. The number of carboxylic acids is 2. The van der Waals surface area contributed by atoms with Crippen molar-refractivity contribution in [3.05, 3.63) is 169 Å². The van der Waals surface area contributed by atoms with Crippen molar-refractivity contribution in [3.63, 3.8) is 0 Å². The van der Waals surface area contributed by atoms with E-state index in [0.717, 1.165) is 0 Å². The van der Waals surface area contributed by atoms with Crippen molar-refractivity contribution in [2.75, 3.05) is 0 Å². The minimum absolute atomic E-state index is 0. The number of halogens is 6. The Balaban J connectivity index is 0.000000463. The number of carboxylic acid groups (broad SMARTS) is 2. The van der Waals surface area contributed by atoms with Crippen LogP contribution in [0.1, 0.15) is 11.1 Å². The van der Waals surface area contributed by atoms with Crippen molar-refractivity contribution in [1.82, 2.24) is 0 Å². The van der Waals surface area contributed by atoms with E-state index in [1.165, 1.54) is 54.1 Å². The van der Waals surface area contributed by atoms with Crippen LogP contribution in [0, 0.1) is 13.8 Å². The number of alkyl halides is 6. The summed E-state index contributed by atoms with van der Waals surface area (Å²) < 4.78 is 63.1. The summed E-state index contributed by atoms with van der Waals surface area (Å²) in [6.45, 7) is 4.57. The van der Waals surface area contributed by atoms with Gasteiger partial charge in [-0.1, -0.05) is 158 Å². The molecule has 0 amide bonds. The second kappa shape index (κ2) is 20.3. The number of aryl methyl sites for hydroxylation is 2. The average molecular weight is 878 g/mol. The summed E-state index contributed by atoms with van der Waals surface area (Å²) in [7, 11) is -1.50. The zero-order valence-electron chi connectivity index (χ0n) is 29.2. The van der Waals surface area contributed by atoms with E-state index < -0.39 is 40.1 Å². The maximum atomic E-state index is 10.5. The molecule has 0 aliphatic heterocycles. The zero-order valence-corrected chi connectivity index (χ0v) is 32.7. The van der Waals surface area contributed by atoms with E-state index >= 15 is 0 Å². The molecule has 0 aromatic heterocycles. The Bertz CT molecular complexity index is 1900. The Morgan fingerprint density at radius 2 is 0.636 bits per heavy atom. The predicted molar refractivity (Wildman–Crippen MR) is 201 cm³/mol. The van der Waals surface area contributed by atoms with Gasteiger partial charge in [-0.3, -0.25) is 0 Å². The number of rotatable bonds is 7. The van der Waals surface area contributed by atoms with Gasteiger partial charge >= 0.3 is 31.8 Å². The summed E-state index contributed by atoms with van der Waals surface area (Å²) in [4.78, 5) is 17.6. The van der Waals surface area contributed by atoms with E-state index in [0.29, 0.717) is 0 Å². The summed E-state index contributed by atoms with van der Waals surface area (Å²) in [6.07, 6.45) is -10.4. The van der Waals surface area contributed by atoms with Crippen LogP contribution in [0.5, 0.6) is 0 Å². The van der Waals surface area contributed by atoms with E-state index in [1.807, 2.05) is 0 Å². The fourth-order valence-electron chi connectivity index (χ4n) is 5.49. The molecule has 6 aromatic rings. The molecular weight excluding hydrogens is 845 g/mol. The van der Waals surface area contributed by atoms with Gasteiger partial charge in [-0.25, -0.2) is 0 Å². The summed E-state index contributed by atoms with van der Waals surface area (Å²) in [6, 6.07) is 58.0. The van der Waals surface area contributed by atoms with Gasteiger partial charge in [0.1, 0.15) is 11.9 Å². The minimum atomic E-state index is -5.19. The molecule has 0 aliphatic carbocycles. The first-order chi connectivity index (χ1) is 25.6. The predicted octanol–water partition coefficient (Wildman–Crippen LogP) is 6.08. The Morgan fingerprint density at radius 3 is 0.836 bits per heavy atom. The summed E-state index contributed by atoms with van der Waals surface area (Å²) >= 11 is 0. The van der Waals surface area contributed by atoms with Crippen molar-refractivity contribution in [1.29, 1.82) is 0 Å². The number of carbonyl (C=O) groups is 2. The molecule has 0 unspecified atom stereocenters. The van der Waals surface area contributed by atoms with Gasteiger partial charge in [0.25, 0.3) is 0 Å². The maximum Gasteiger partial charge on any atom is 2.00 e. The fourth-order valence-corrected chi connectivity index (χ4v) is 10.6. The molecule has 4 nitrogen and oxygen atoms in total. The first-order valence-electron chi connectivity index (χ1n) is 16.2. The standard InChI is InChI=1S/C38H32P2.2C2HF3O2.Ru/c1-29-17-15-27-35(39(31-19-7-3-8-20-31)32-21-9-4-10-22-32)37(29)38-30(2)18-16-28-36(38)40(33-23-11-5-12-24-33)34-25-13-6-14-26-34;2*3-2(4,5)1(6)7;/h3-28H,1-2H3;2*(H,6,7);/q;;;+2/p-2. The smallest absolute Gasteiger partial charge is 0.542 e. The SMILES string of the molecule is Cc1cccc(P(c2ccccc2)c2ccccc2)c1-c1c(C)cccc1P(c1ccccc1)c1ccccc1.O=C([O-])C(F)(F)F.O=C([O-])C(F)(F)F.[Ru+2].